The van der Waals surface area contributed by atoms with Crippen LogP contribution >= 0.6 is 0 Å². The predicted octanol–water partition coefficient (Wildman–Crippen LogP) is 0.447. The Balaban J connectivity index is 2.01. The minimum atomic E-state index is -0.515. The summed E-state index contributed by atoms with van der Waals surface area (Å²) in [5, 5.41) is 2.92. The van der Waals surface area contributed by atoms with E-state index in [4.69, 9.17) is 5.73 Å². The number of aromatic nitrogens is 1. The number of hydrogen-bond donors (Lipinski definition) is 2. The monoisotopic (exact) mass is 288 g/mol. The molecule has 1 aliphatic rings. The second-order valence-corrected chi connectivity index (χ2v) is 5.16. The van der Waals surface area contributed by atoms with Crippen molar-refractivity contribution in [3.8, 4) is 0 Å². The van der Waals surface area contributed by atoms with E-state index in [1.165, 1.54) is 6.08 Å². The smallest absolute Gasteiger partial charge is 0.267 e. The highest BCUT2D eigenvalue weighted by atomic mass is 16.1. The molecular formula is C15H20N4O2. The van der Waals surface area contributed by atoms with Crippen molar-refractivity contribution in [2.24, 2.45) is 5.73 Å². The van der Waals surface area contributed by atoms with Gasteiger partial charge in [-0.3, -0.25) is 19.5 Å². The van der Waals surface area contributed by atoms with E-state index in [0.29, 0.717) is 12.2 Å². The topological polar surface area (TPSA) is 88.3 Å². The average Bonchev–Trinajstić information content (AvgIpc) is 2.48. The van der Waals surface area contributed by atoms with Crippen molar-refractivity contribution < 1.29 is 9.59 Å². The van der Waals surface area contributed by atoms with E-state index in [1.807, 2.05) is 6.07 Å². The molecule has 0 unspecified atom stereocenters. The average molecular weight is 288 g/mol. The highest BCUT2D eigenvalue weighted by Crippen LogP contribution is 2.15. The maximum absolute atomic E-state index is 11.4. The molecule has 1 atom stereocenters. The van der Waals surface area contributed by atoms with Crippen LogP contribution in [0, 0.1) is 0 Å². The van der Waals surface area contributed by atoms with Crippen molar-refractivity contribution in [1.29, 1.82) is 0 Å². The van der Waals surface area contributed by atoms with E-state index in [9.17, 15) is 9.59 Å². The highest BCUT2D eigenvalue weighted by Gasteiger charge is 2.22. The standard InChI is InChI=1S/C15H20N4O2/c1-2-13(20)18-12-6-4-8-19(10-12)9-11-5-3-7-17-14(11)15(16)21/h2-3,5,7,12H,1,4,6,8-10H2,(H2,16,21)(H,18,20)/t12-/m1/s1. The molecule has 21 heavy (non-hydrogen) atoms. The minimum absolute atomic E-state index is 0.109. The number of amides is 2. The van der Waals surface area contributed by atoms with Crippen molar-refractivity contribution in [3.63, 3.8) is 0 Å². The maximum atomic E-state index is 11.4. The normalized spacial score (nSPS) is 19.0. The Labute approximate surface area is 124 Å². The lowest BCUT2D eigenvalue weighted by atomic mass is 10.0. The van der Waals surface area contributed by atoms with Gasteiger partial charge in [-0.15, -0.1) is 0 Å². The summed E-state index contributed by atoms with van der Waals surface area (Å²) in [6.45, 7) is 5.73. The molecule has 0 aromatic carbocycles. The summed E-state index contributed by atoms with van der Waals surface area (Å²) < 4.78 is 0. The fraction of sp³-hybridized carbons (Fsp3) is 0.400. The Bertz CT molecular complexity index is 544. The third-order valence-electron chi connectivity index (χ3n) is 3.56. The summed E-state index contributed by atoms with van der Waals surface area (Å²) in [4.78, 5) is 29.0. The van der Waals surface area contributed by atoms with Crippen LogP contribution in [-0.2, 0) is 11.3 Å². The van der Waals surface area contributed by atoms with Crippen LogP contribution in [0.2, 0.25) is 0 Å². The lowest BCUT2D eigenvalue weighted by molar-refractivity contribution is -0.117. The zero-order valence-corrected chi connectivity index (χ0v) is 11.9. The van der Waals surface area contributed by atoms with Crippen molar-refractivity contribution in [1.82, 2.24) is 15.2 Å². The van der Waals surface area contributed by atoms with E-state index in [2.05, 4.69) is 21.8 Å². The minimum Gasteiger partial charge on any atom is -0.364 e. The lowest BCUT2D eigenvalue weighted by Gasteiger charge is -2.33. The first-order valence-corrected chi connectivity index (χ1v) is 6.99. The first kappa shape index (κ1) is 15.2. The van der Waals surface area contributed by atoms with Gasteiger partial charge in [-0.05, 0) is 37.1 Å². The largest absolute Gasteiger partial charge is 0.364 e. The van der Waals surface area contributed by atoms with E-state index in [1.54, 1.807) is 12.3 Å². The fourth-order valence-electron chi connectivity index (χ4n) is 2.61. The second-order valence-electron chi connectivity index (χ2n) is 5.16. The quantitative estimate of drug-likeness (QED) is 0.770. The van der Waals surface area contributed by atoms with Gasteiger partial charge in [0.15, 0.2) is 0 Å². The number of rotatable bonds is 5. The molecule has 0 bridgehead atoms. The van der Waals surface area contributed by atoms with Crippen LogP contribution < -0.4 is 11.1 Å². The first-order chi connectivity index (χ1) is 10.1. The van der Waals surface area contributed by atoms with Gasteiger partial charge in [-0.1, -0.05) is 12.6 Å². The molecule has 2 rings (SSSR count). The van der Waals surface area contributed by atoms with Crippen molar-refractivity contribution in [2.75, 3.05) is 13.1 Å². The molecule has 2 heterocycles. The molecular weight excluding hydrogens is 268 g/mol. The van der Waals surface area contributed by atoms with Gasteiger partial charge in [0.1, 0.15) is 5.69 Å². The van der Waals surface area contributed by atoms with Gasteiger partial charge in [0.05, 0.1) is 0 Å². The van der Waals surface area contributed by atoms with Gasteiger partial charge in [0.25, 0.3) is 5.91 Å². The summed E-state index contributed by atoms with van der Waals surface area (Å²) in [7, 11) is 0. The summed E-state index contributed by atoms with van der Waals surface area (Å²) in [6.07, 6.45) is 4.79. The molecule has 1 aliphatic heterocycles. The van der Waals surface area contributed by atoms with E-state index in [0.717, 1.165) is 31.5 Å². The zero-order chi connectivity index (χ0) is 15.2. The summed E-state index contributed by atoms with van der Waals surface area (Å²) in [5.74, 6) is -0.667. The van der Waals surface area contributed by atoms with E-state index in [-0.39, 0.29) is 11.9 Å². The number of primary amides is 1. The van der Waals surface area contributed by atoms with Gasteiger partial charge >= 0.3 is 0 Å². The van der Waals surface area contributed by atoms with Crippen LogP contribution in [0.4, 0.5) is 0 Å². The second kappa shape index (κ2) is 6.99. The molecule has 112 valence electrons. The number of likely N-dealkylation sites (tertiary alicyclic amines) is 1. The van der Waals surface area contributed by atoms with Crippen LogP contribution in [0.15, 0.2) is 31.0 Å². The molecule has 0 aliphatic carbocycles. The van der Waals surface area contributed by atoms with Gasteiger partial charge < -0.3 is 11.1 Å². The van der Waals surface area contributed by atoms with Crippen LogP contribution in [0.3, 0.4) is 0 Å². The molecule has 0 saturated carbocycles. The Morgan fingerprint density at radius 3 is 3.10 bits per heavy atom. The number of nitrogens with two attached hydrogens (primary N) is 1. The molecule has 6 heteroatoms. The zero-order valence-electron chi connectivity index (χ0n) is 11.9. The van der Waals surface area contributed by atoms with Crippen molar-refractivity contribution in [3.05, 3.63) is 42.2 Å². The SMILES string of the molecule is C=CC(=O)N[C@@H]1CCCN(Cc2cccnc2C(N)=O)C1. The molecule has 6 nitrogen and oxygen atoms in total. The number of carbonyl (C=O) groups excluding carboxylic acids is 2. The molecule has 1 saturated heterocycles. The van der Waals surface area contributed by atoms with Gasteiger partial charge in [-0.2, -0.15) is 0 Å². The number of carbonyl (C=O) groups is 2. The predicted molar refractivity (Wildman–Crippen MR) is 79.4 cm³/mol. The molecule has 1 fully saturated rings. The Morgan fingerprint density at radius 2 is 2.38 bits per heavy atom. The number of hydrogen-bond acceptors (Lipinski definition) is 4. The molecule has 0 spiro atoms. The van der Waals surface area contributed by atoms with Gasteiger partial charge in [-0.25, -0.2) is 0 Å². The Morgan fingerprint density at radius 1 is 1.57 bits per heavy atom. The molecule has 1 aromatic heterocycles. The lowest BCUT2D eigenvalue weighted by Crippen LogP contribution is -2.47. The molecule has 1 aromatic rings. The molecule has 3 N–H and O–H groups in total. The first-order valence-electron chi connectivity index (χ1n) is 6.99. The summed E-state index contributed by atoms with van der Waals surface area (Å²) in [6, 6.07) is 3.76. The van der Waals surface area contributed by atoms with Crippen LogP contribution in [-0.4, -0.2) is 40.8 Å². The third-order valence-corrected chi connectivity index (χ3v) is 3.56. The molecule has 0 radical (unpaired) electrons. The molecule has 2 amide bonds. The third kappa shape index (κ3) is 4.13. The summed E-state index contributed by atoms with van der Waals surface area (Å²) >= 11 is 0. The van der Waals surface area contributed by atoms with Crippen LogP contribution in [0.25, 0.3) is 0 Å². The van der Waals surface area contributed by atoms with Crippen LogP contribution in [0.5, 0.6) is 0 Å². The Kier molecular flexibility index (Phi) is 5.05. The maximum Gasteiger partial charge on any atom is 0.267 e. The Hall–Kier alpha value is -2.21. The van der Waals surface area contributed by atoms with Gasteiger partial charge in [0.2, 0.25) is 5.91 Å². The van der Waals surface area contributed by atoms with Crippen LogP contribution in [0.1, 0.15) is 28.9 Å². The van der Waals surface area contributed by atoms with E-state index >= 15 is 0 Å². The fourth-order valence-corrected chi connectivity index (χ4v) is 2.61. The number of pyridine rings is 1. The van der Waals surface area contributed by atoms with E-state index < -0.39 is 5.91 Å². The summed E-state index contributed by atoms with van der Waals surface area (Å²) in [5.41, 5.74) is 6.48. The van der Waals surface area contributed by atoms with Gasteiger partial charge in [0, 0.05) is 25.3 Å². The number of nitrogens with one attached hydrogen (secondary N) is 1. The highest BCUT2D eigenvalue weighted by molar-refractivity contribution is 5.92. The van der Waals surface area contributed by atoms with Crippen molar-refractivity contribution in [2.45, 2.75) is 25.4 Å². The number of piperidine rings is 1. The van der Waals surface area contributed by atoms with Crippen molar-refractivity contribution >= 4 is 11.8 Å². The number of nitrogens with zero attached hydrogens (tertiary/aromatic N) is 2.